The molecule has 0 saturated heterocycles. The SMILES string of the molecule is CCC(CO)(CO)Nc1ccc(N)cc1Br. The quantitative estimate of drug-likeness (QED) is 0.621. The van der Waals surface area contributed by atoms with E-state index in [1.807, 2.05) is 13.0 Å². The summed E-state index contributed by atoms with van der Waals surface area (Å²) in [5, 5.41) is 21.8. The summed E-state index contributed by atoms with van der Waals surface area (Å²) in [6.45, 7) is 1.65. The van der Waals surface area contributed by atoms with E-state index in [2.05, 4.69) is 21.2 Å². The molecule has 16 heavy (non-hydrogen) atoms. The fraction of sp³-hybridized carbons (Fsp3) is 0.455. The van der Waals surface area contributed by atoms with E-state index in [1.54, 1.807) is 12.1 Å². The van der Waals surface area contributed by atoms with Crippen LogP contribution in [0.15, 0.2) is 22.7 Å². The van der Waals surface area contributed by atoms with Crippen molar-refractivity contribution >= 4 is 27.3 Å². The molecule has 4 nitrogen and oxygen atoms in total. The topological polar surface area (TPSA) is 78.5 Å². The van der Waals surface area contributed by atoms with Crippen LogP contribution in [-0.2, 0) is 0 Å². The third kappa shape index (κ3) is 2.87. The van der Waals surface area contributed by atoms with Crippen molar-refractivity contribution in [3.05, 3.63) is 22.7 Å². The fourth-order valence-electron chi connectivity index (χ4n) is 1.36. The van der Waals surface area contributed by atoms with E-state index in [1.165, 1.54) is 0 Å². The summed E-state index contributed by atoms with van der Waals surface area (Å²) in [6, 6.07) is 5.36. The van der Waals surface area contributed by atoms with Crippen LogP contribution in [0.25, 0.3) is 0 Å². The summed E-state index contributed by atoms with van der Waals surface area (Å²) < 4.78 is 0.812. The normalized spacial score (nSPS) is 11.5. The molecule has 0 aliphatic carbocycles. The second-order valence-electron chi connectivity index (χ2n) is 3.81. The molecule has 0 saturated carbocycles. The lowest BCUT2D eigenvalue weighted by atomic mass is 9.98. The minimum absolute atomic E-state index is 0.128. The van der Waals surface area contributed by atoms with Crippen LogP contribution in [0.5, 0.6) is 0 Å². The van der Waals surface area contributed by atoms with Crippen LogP contribution in [0, 0.1) is 0 Å². The Morgan fingerprint density at radius 1 is 1.38 bits per heavy atom. The maximum absolute atomic E-state index is 9.32. The van der Waals surface area contributed by atoms with Gasteiger partial charge < -0.3 is 21.3 Å². The molecule has 5 N–H and O–H groups in total. The van der Waals surface area contributed by atoms with E-state index < -0.39 is 5.54 Å². The third-order valence-electron chi connectivity index (χ3n) is 2.68. The minimum atomic E-state index is -0.696. The molecule has 0 spiro atoms. The molecule has 1 aromatic rings. The molecule has 0 radical (unpaired) electrons. The predicted octanol–water partition coefficient (Wildman–Crippen LogP) is 1.58. The highest BCUT2D eigenvalue weighted by Crippen LogP contribution is 2.28. The Balaban J connectivity index is 2.93. The Kier molecular flexibility index (Phi) is 4.58. The Morgan fingerprint density at radius 3 is 2.44 bits per heavy atom. The number of aliphatic hydroxyl groups is 2. The molecule has 5 heteroatoms. The van der Waals surface area contributed by atoms with Crippen LogP contribution in [0.2, 0.25) is 0 Å². The van der Waals surface area contributed by atoms with Crippen LogP contribution in [0.3, 0.4) is 0 Å². The predicted molar refractivity (Wildman–Crippen MR) is 69.4 cm³/mol. The Bertz CT molecular complexity index is 346. The summed E-state index contributed by atoms with van der Waals surface area (Å²) in [4.78, 5) is 0. The molecule has 90 valence electrons. The first kappa shape index (κ1) is 13.3. The lowest BCUT2D eigenvalue weighted by Crippen LogP contribution is -2.45. The van der Waals surface area contributed by atoms with Gasteiger partial charge in [-0.15, -0.1) is 0 Å². The number of rotatable bonds is 5. The molecule has 0 amide bonds. The number of hydrogen-bond acceptors (Lipinski definition) is 4. The molecule has 0 bridgehead atoms. The summed E-state index contributed by atoms with van der Waals surface area (Å²) in [6.07, 6.45) is 0.622. The van der Waals surface area contributed by atoms with Crippen molar-refractivity contribution in [3.8, 4) is 0 Å². The van der Waals surface area contributed by atoms with Gasteiger partial charge >= 0.3 is 0 Å². The number of benzene rings is 1. The number of hydrogen-bond donors (Lipinski definition) is 4. The Morgan fingerprint density at radius 2 is 2.00 bits per heavy atom. The molecular weight excluding hydrogens is 272 g/mol. The smallest absolute Gasteiger partial charge is 0.0832 e. The van der Waals surface area contributed by atoms with Gasteiger partial charge in [-0.1, -0.05) is 6.92 Å². The van der Waals surface area contributed by atoms with E-state index >= 15 is 0 Å². The van der Waals surface area contributed by atoms with Crippen molar-refractivity contribution in [3.63, 3.8) is 0 Å². The molecule has 1 rings (SSSR count). The first-order valence-corrected chi connectivity index (χ1v) is 5.91. The van der Waals surface area contributed by atoms with Gasteiger partial charge in [0.05, 0.1) is 18.8 Å². The number of halogens is 1. The van der Waals surface area contributed by atoms with E-state index in [0.29, 0.717) is 12.1 Å². The minimum Gasteiger partial charge on any atom is -0.399 e. The largest absolute Gasteiger partial charge is 0.399 e. The van der Waals surface area contributed by atoms with Gasteiger partial charge in [-0.3, -0.25) is 0 Å². The van der Waals surface area contributed by atoms with Crippen LogP contribution in [0.1, 0.15) is 13.3 Å². The summed E-state index contributed by atoms with van der Waals surface area (Å²) in [7, 11) is 0. The first-order valence-electron chi connectivity index (χ1n) is 5.12. The maximum atomic E-state index is 9.32. The number of nitrogens with one attached hydrogen (secondary N) is 1. The Hall–Kier alpha value is -0.780. The van der Waals surface area contributed by atoms with Crippen molar-refractivity contribution in [1.82, 2.24) is 0 Å². The van der Waals surface area contributed by atoms with E-state index in [-0.39, 0.29) is 13.2 Å². The molecule has 0 fully saturated rings. The van der Waals surface area contributed by atoms with Gasteiger partial charge in [0.2, 0.25) is 0 Å². The number of nitrogens with two attached hydrogens (primary N) is 1. The van der Waals surface area contributed by atoms with Gasteiger partial charge in [0.15, 0.2) is 0 Å². The lowest BCUT2D eigenvalue weighted by molar-refractivity contribution is 0.132. The van der Waals surface area contributed by atoms with Crippen molar-refractivity contribution in [1.29, 1.82) is 0 Å². The van der Waals surface area contributed by atoms with Crippen LogP contribution in [0.4, 0.5) is 11.4 Å². The van der Waals surface area contributed by atoms with E-state index in [4.69, 9.17) is 5.73 Å². The molecule has 0 aromatic heterocycles. The van der Waals surface area contributed by atoms with E-state index in [9.17, 15) is 10.2 Å². The lowest BCUT2D eigenvalue weighted by Gasteiger charge is -2.31. The van der Waals surface area contributed by atoms with Gasteiger partial charge in [0.25, 0.3) is 0 Å². The van der Waals surface area contributed by atoms with E-state index in [0.717, 1.165) is 10.2 Å². The van der Waals surface area contributed by atoms with Gasteiger partial charge in [-0.05, 0) is 40.5 Å². The highest BCUT2D eigenvalue weighted by atomic mass is 79.9. The van der Waals surface area contributed by atoms with Crippen LogP contribution in [-0.4, -0.2) is 29.0 Å². The maximum Gasteiger partial charge on any atom is 0.0832 e. The third-order valence-corrected chi connectivity index (χ3v) is 3.33. The second-order valence-corrected chi connectivity index (χ2v) is 4.67. The Labute approximate surface area is 104 Å². The van der Waals surface area contributed by atoms with Crippen LogP contribution >= 0.6 is 15.9 Å². The van der Waals surface area contributed by atoms with Crippen molar-refractivity contribution in [2.45, 2.75) is 18.9 Å². The number of aliphatic hydroxyl groups excluding tert-OH is 2. The first-order chi connectivity index (χ1) is 7.56. The molecule has 0 atom stereocenters. The monoisotopic (exact) mass is 288 g/mol. The van der Waals surface area contributed by atoms with Gasteiger partial charge in [-0.25, -0.2) is 0 Å². The second kappa shape index (κ2) is 5.52. The number of anilines is 2. The molecule has 0 unspecified atom stereocenters. The number of nitrogen functional groups attached to an aromatic ring is 1. The molecule has 0 aliphatic heterocycles. The van der Waals surface area contributed by atoms with Crippen molar-refractivity contribution in [2.24, 2.45) is 0 Å². The molecule has 1 aromatic carbocycles. The molecular formula is C11H17BrN2O2. The standard InChI is InChI=1S/C11H17BrN2O2/c1-2-11(6-15,7-16)14-10-4-3-8(13)5-9(10)12/h3-5,14-16H,2,6-7,13H2,1H3. The molecule has 0 heterocycles. The summed E-state index contributed by atoms with van der Waals surface area (Å²) in [5.41, 5.74) is 6.40. The van der Waals surface area contributed by atoms with Crippen molar-refractivity contribution < 1.29 is 10.2 Å². The zero-order valence-corrected chi connectivity index (χ0v) is 10.8. The summed E-state index contributed by atoms with van der Waals surface area (Å²) >= 11 is 3.38. The van der Waals surface area contributed by atoms with Crippen molar-refractivity contribution in [2.75, 3.05) is 24.3 Å². The zero-order chi connectivity index (χ0) is 12.2. The summed E-state index contributed by atoms with van der Waals surface area (Å²) in [5.74, 6) is 0. The zero-order valence-electron chi connectivity index (χ0n) is 9.20. The highest BCUT2D eigenvalue weighted by Gasteiger charge is 2.26. The van der Waals surface area contributed by atoms with Gasteiger partial charge in [0, 0.05) is 15.8 Å². The van der Waals surface area contributed by atoms with Crippen LogP contribution < -0.4 is 11.1 Å². The highest BCUT2D eigenvalue weighted by molar-refractivity contribution is 9.10. The average Bonchev–Trinajstić information content (AvgIpc) is 2.29. The average molecular weight is 289 g/mol. The fourth-order valence-corrected chi connectivity index (χ4v) is 1.86. The molecule has 0 aliphatic rings. The van der Waals surface area contributed by atoms with Gasteiger partial charge in [-0.2, -0.15) is 0 Å². The van der Waals surface area contributed by atoms with Gasteiger partial charge in [0.1, 0.15) is 0 Å².